The molecule has 6 nitrogen and oxygen atoms in total. The quantitative estimate of drug-likeness (QED) is 0.702. The Morgan fingerprint density at radius 2 is 2.33 bits per heavy atom. The number of fused-ring (bicyclic) bond motifs is 1. The average molecular weight is 273 g/mol. The monoisotopic (exact) mass is 272 g/mol. The van der Waals surface area contributed by atoms with Crippen LogP contribution in [0.2, 0.25) is 5.02 Å². The van der Waals surface area contributed by atoms with E-state index in [1.54, 1.807) is 12.1 Å². The lowest BCUT2D eigenvalue weighted by Gasteiger charge is -2.09. The smallest absolute Gasteiger partial charge is 0.247 e. The lowest BCUT2D eigenvalue weighted by Crippen LogP contribution is -2.37. The van der Waals surface area contributed by atoms with Crippen molar-refractivity contribution in [2.24, 2.45) is 5.73 Å². The van der Waals surface area contributed by atoms with Crippen molar-refractivity contribution in [1.29, 1.82) is 0 Å². The van der Waals surface area contributed by atoms with Crippen molar-refractivity contribution in [2.45, 2.75) is 12.6 Å². The first-order valence-electron chi connectivity index (χ1n) is 5.34. The lowest BCUT2D eigenvalue weighted by atomic mass is 10.2. The molecule has 4 N–H and O–H groups in total. The third-order valence-electron chi connectivity index (χ3n) is 2.48. The third kappa shape index (κ3) is 2.84. The van der Waals surface area contributed by atoms with E-state index in [9.17, 15) is 9.90 Å². The van der Waals surface area contributed by atoms with Crippen molar-refractivity contribution in [3.05, 3.63) is 22.7 Å². The molecule has 2 rings (SSSR count). The van der Waals surface area contributed by atoms with Gasteiger partial charge in [0.15, 0.2) is 11.5 Å². The summed E-state index contributed by atoms with van der Waals surface area (Å²) in [5.41, 5.74) is 5.79. The van der Waals surface area contributed by atoms with E-state index in [2.05, 4.69) is 5.32 Å². The molecule has 0 aromatic heterocycles. The fourth-order valence-corrected chi connectivity index (χ4v) is 1.86. The second kappa shape index (κ2) is 5.43. The Labute approximate surface area is 109 Å². The first-order chi connectivity index (χ1) is 8.58. The Morgan fingerprint density at radius 1 is 1.56 bits per heavy atom. The van der Waals surface area contributed by atoms with Gasteiger partial charge in [0, 0.05) is 13.1 Å². The summed E-state index contributed by atoms with van der Waals surface area (Å²) in [6.07, 6.45) is -1.20. The molecule has 1 aromatic carbocycles. The summed E-state index contributed by atoms with van der Waals surface area (Å²) in [4.78, 5) is 10.6. The van der Waals surface area contributed by atoms with E-state index in [1.807, 2.05) is 0 Å². The van der Waals surface area contributed by atoms with Crippen LogP contribution in [0.15, 0.2) is 12.1 Å². The van der Waals surface area contributed by atoms with Gasteiger partial charge in [-0.25, -0.2) is 0 Å². The molecular weight excluding hydrogens is 260 g/mol. The number of carbonyl (C=O) groups excluding carboxylic acids is 1. The number of hydrogen-bond donors (Lipinski definition) is 3. The van der Waals surface area contributed by atoms with E-state index in [0.29, 0.717) is 23.1 Å². The minimum atomic E-state index is -1.20. The molecule has 0 saturated carbocycles. The summed E-state index contributed by atoms with van der Waals surface area (Å²) in [6, 6.07) is 3.52. The molecule has 1 aromatic rings. The van der Waals surface area contributed by atoms with Gasteiger partial charge >= 0.3 is 0 Å². The number of primary amides is 1. The molecule has 0 aliphatic carbocycles. The summed E-state index contributed by atoms with van der Waals surface area (Å²) in [7, 11) is 0. The molecule has 0 radical (unpaired) electrons. The van der Waals surface area contributed by atoms with Gasteiger partial charge in [-0.15, -0.1) is 0 Å². The van der Waals surface area contributed by atoms with E-state index in [0.717, 1.165) is 5.56 Å². The van der Waals surface area contributed by atoms with Crippen LogP contribution in [0.4, 0.5) is 0 Å². The van der Waals surface area contributed by atoms with Gasteiger partial charge in [0.25, 0.3) is 0 Å². The Kier molecular flexibility index (Phi) is 3.90. The number of nitrogens with two attached hydrogens (primary N) is 1. The summed E-state index contributed by atoms with van der Waals surface area (Å²) >= 11 is 6.01. The maximum absolute atomic E-state index is 10.6. The van der Waals surface area contributed by atoms with Gasteiger partial charge in [-0.2, -0.15) is 0 Å². The number of benzene rings is 1. The van der Waals surface area contributed by atoms with Gasteiger partial charge in [0.1, 0.15) is 6.10 Å². The number of ether oxygens (including phenoxy) is 2. The predicted octanol–water partition coefficient (Wildman–Crippen LogP) is 0.00450. The Balaban J connectivity index is 1.94. The van der Waals surface area contributed by atoms with E-state index in [1.165, 1.54) is 0 Å². The first kappa shape index (κ1) is 12.9. The molecule has 1 amide bonds. The van der Waals surface area contributed by atoms with Crippen molar-refractivity contribution in [2.75, 3.05) is 13.3 Å². The molecule has 1 aliphatic rings. The molecule has 18 heavy (non-hydrogen) atoms. The topological polar surface area (TPSA) is 93.8 Å². The zero-order valence-corrected chi connectivity index (χ0v) is 10.2. The van der Waals surface area contributed by atoms with E-state index >= 15 is 0 Å². The predicted molar refractivity (Wildman–Crippen MR) is 64.5 cm³/mol. The largest absolute Gasteiger partial charge is 0.454 e. The second-order valence-electron chi connectivity index (χ2n) is 3.86. The fraction of sp³-hybridized carbons (Fsp3) is 0.364. The molecule has 1 aliphatic heterocycles. The molecule has 0 spiro atoms. The van der Waals surface area contributed by atoms with E-state index in [-0.39, 0.29) is 13.3 Å². The van der Waals surface area contributed by atoms with Crippen LogP contribution >= 0.6 is 11.6 Å². The highest BCUT2D eigenvalue weighted by Gasteiger charge is 2.18. The Hall–Kier alpha value is -1.50. The maximum atomic E-state index is 10.6. The SMILES string of the molecule is NC(=O)C(O)CNCc1cc(Cl)c2c(c1)OCO2. The van der Waals surface area contributed by atoms with Crippen molar-refractivity contribution in [1.82, 2.24) is 5.32 Å². The molecule has 98 valence electrons. The molecule has 0 saturated heterocycles. The van der Waals surface area contributed by atoms with Gasteiger partial charge in [-0.1, -0.05) is 11.6 Å². The minimum Gasteiger partial charge on any atom is -0.454 e. The molecule has 1 atom stereocenters. The van der Waals surface area contributed by atoms with Gasteiger partial charge in [-0.05, 0) is 17.7 Å². The van der Waals surface area contributed by atoms with Crippen LogP contribution in [-0.4, -0.2) is 30.5 Å². The fourth-order valence-electron chi connectivity index (χ4n) is 1.58. The van der Waals surface area contributed by atoms with Crippen LogP contribution in [0, 0.1) is 0 Å². The van der Waals surface area contributed by atoms with Crippen LogP contribution in [0.25, 0.3) is 0 Å². The number of hydrogen-bond acceptors (Lipinski definition) is 5. The van der Waals surface area contributed by atoms with Crippen molar-refractivity contribution < 1.29 is 19.4 Å². The van der Waals surface area contributed by atoms with Crippen LogP contribution in [-0.2, 0) is 11.3 Å². The molecule has 0 bridgehead atoms. The molecule has 0 fully saturated rings. The summed E-state index contributed by atoms with van der Waals surface area (Å²) in [5.74, 6) is 0.374. The third-order valence-corrected chi connectivity index (χ3v) is 2.76. The van der Waals surface area contributed by atoms with Gasteiger partial charge < -0.3 is 25.6 Å². The highest BCUT2D eigenvalue weighted by molar-refractivity contribution is 6.32. The van der Waals surface area contributed by atoms with Crippen molar-refractivity contribution >= 4 is 17.5 Å². The number of aliphatic hydroxyl groups is 1. The maximum Gasteiger partial charge on any atom is 0.247 e. The average Bonchev–Trinajstić information content (AvgIpc) is 2.77. The molecular formula is C11H13ClN2O4. The number of nitrogens with one attached hydrogen (secondary N) is 1. The lowest BCUT2D eigenvalue weighted by molar-refractivity contribution is -0.125. The zero-order valence-electron chi connectivity index (χ0n) is 9.48. The second-order valence-corrected chi connectivity index (χ2v) is 4.27. The zero-order chi connectivity index (χ0) is 13.1. The van der Waals surface area contributed by atoms with Gasteiger partial charge in [-0.3, -0.25) is 4.79 Å². The van der Waals surface area contributed by atoms with Gasteiger partial charge in [0.2, 0.25) is 12.7 Å². The van der Waals surface area contributed by atoms with Crippen LogP contribution in [0.5, 0.6) is 11.5 Å². The summed E-state index contributed by atoms with van der Waals surface area (Å²) in [5, 5.41) is 12.6. The number of carbonyl (C=O) groups is 1. The normalized spacial score (nSPS) is 14.6. The Bertz CT molecular complexity index is 467. The van der Waals surface area contributed by atoms with Crippen molar-refractivity contribution in [3.8, 4) is 11.5 Å². The molecule has 1 heterocycles. The highest BCUT2D eigenvalue weighted by atomic mass is 35.5. The number of halogens is 1. The van der Waals surface area contributed by atoms with Crippen molar-refractivity contribution in [3.63, 3.8) is 0 Å². The molecule has 7 heteroatoms. The minimum absolute atomic E-state index is 0.0847. The van der Waals surface area contributed by atoms with Gasteiger partial charge in [0.05, 0.1) is 5.02 Å². The number of aliphatic hydroxyl groups excluding tert-OH is 1. The van der Waals surface area contributed by atoms with E-state index < -0.39 is 12.0 Å². The first-order valence-corrected chi connectivity index (χ1v) is 5.72. The summed E-state index contributed by atoms with van der Waals surface area (Å²) < 4.78 is 10.4. The van der Waals surface area contributed by atoms with E-state index in [4.69, 9.17) is 26.8 Å². The van der Waals surface area contributed by atoms with Crippen LogP contribution in [0.1, 0.15) is 5.56 Å². The standard InChI is InChI=1S/C11H13ClN2O4/c12-7-1-6(2-9-10(7)18-5-17-9)3-14-4-8(15)11(13)16/h1-2,8,14-15H,3-5H2,(H2,13,16). The highest BCUT2D eigenvalue weighted by Crippen LogP contribution is 2.39. The number of amides is 1. The number of rotatable bonds is 5. The van der Waals surface area contributed by atoms with Crippen LogP contribution < -0.4 is 20.5 Å². The Morgan fingerprint density at radius 3 is 3.06 bits per heavy atom. The summed E-state index contributed by atoms with van der Waals surface area (Å²) in [6.45, 7) is 0.675. The van der Waals surface area contributed by atoms with Crippen LogP contribution in [0.3, 0.4) is 0 Å². The molecule has 1 unspecified atom stereocenters.